The molecule has 0 aliphatic rings. The predicted octanol–water partition coefficient (Wildman–Crippen LogP) is 1.19. The molecule has 16 heavy (non-hydrogen) atoms. The molecule has 0 saturated heterocycles. The Labute approximate surface area is 103 Å². The molecule has 1 aromatic rings. The average molecular weight is 261 g/mol. The first-order chi connectivity index (χ1) is 7.70. The minimum absolute atomic E-state index is 0.248. The number of carbonyl (C=O) groups excluding carboxylic acids is 1. The number of thioether (sulfide) groups is 1. The van der Waals surface area contributed by atoms with Crippen LogP contribution in [-0.2, 0) is 7.05 Å². The van der Waals surface area contributed by atoms with Crippen LogP contribution in [-0.4, -0.2) is 32.2 Å². The number of halogens is 1. The van der Waals surface area contributed by atoms with Gasteiger partial charge in [-0.15, -0.1) is 21.8 Å². The fraction of sp³-hybridized carbons (Fsp3) is 0.444. The van der Waals surface area contributed by atoms with Gasteiger partial charge in [0, 0.05) is 24.8 Å². The first-order valence-electron chi connectivity index (χ1n) is 4.71. The van der Waals surface area contributed by atoms with Gasteiger partial charge in [-0.05, 0) is 12.6 Å². The summed E-state index contributed by atoms with van der Waals surface area (Å²) in [5.74, 6) is 1.51. The Bertz CT molecular complexity index is 391. The molecule has 0 aliphatic heterocycles. The minimum Gasteiger partial charge on any atom is -0.404 e. The second kappa shape index (κ2) is 6.55. The molecule has 0 amide bonds. The molecule has 1 rings (SSSR count). The number of hydrogen-bond donors (Lipinski definition) is 1. The van der Waals surface area contributed by atoms with E-state index < -0.39 is 0 Å². The number of aromatic nitrogens is 3. The van der Waals surface area contributed by atoms with Crippen molar-refractivity contribution in [1.29, 1.82) is 0 Å². The first-order valence-corrected chi connectivity index (χ1v) is 6.23. The van der Waals surface area contributed by atoms with Crippen molar-refractivity contribution < 1.29 is 4.79 Å². The summed E-state index contributed by atoms with van der Waals surface area (Å²) in [5, 5.41) is 8.45. The Hall–Kier alpha value is -1.01. The highest BCUT2D eigenvalue weighted by atomic mass is 35.5. The normalized spacial score (nSPS) is 11.1. The van der Waals surface area contributed by atoms with Crippen molar-refractivity contribution in [2.45, 2.75) is 11.6 Å². The summed E-state index contributed by atoms with van der Waals surface area (Å²) < 4.78 is 1.65. The van der Waals surface area contributed by atoms with Gasteiger partial charge in [-0.1, -0.05) is 11.8 Å². The molecule has 5 nitrogen and oxygen atoms in total. The SMILES string of the molecule is Cn1c(SCCCCl)nnc1C(=O)C=CN. The van der Waals surface area contributed by atoms with Crippen LogP contribution in [0.25, 0.3) is 0 Å². The maximum absolute atomic E-state index is 11.5. The van der Waals surface area contributed by atoms with E-state index in [0.717, 1.165) is 12.2 Å². The van der Waals surface area contributed by atoms with E-state index in [9.17, 15) is 4.79 Å². The summed E-state index contributed by atoms with van der Waals surface area (Å²) >= 11 is 7.10. The van der Waals surface area contributed by atoms with E-state index in [2.05, 4.69) is 10.2 Å². The van der Waals surface area contributed by atoms with Gasteiger partial charge < -0.3 is 10.3 Å². The molecule has 1 heterocycles. The molecule has 0 atom stereocenters. The number of nitrogens with two attached hydrogens (primary N) is 1. The van der Waals surface area contributed by atoms with E-state index in [4.69, 9.17) is 17.3 Å². The standard InChI is InChI=1S/C9H13ClN4OS/c1-14-8(7(15)3-5-11)12-13-9(14)16-6-2-4-10/h3,5H,2,4,6,11H2,1H3. The van der Waals surface area contributed by atoms with Crippen LogP contribution in [0.3, 0.4) is 0 Å². The highest BCUT2D eigenvalue weighted by Crippen LogP contribution is 2.16. The topological polar surface area (TPSA) is 73.8 Å². The largest absolute Gasteiger partial charge is 0.404 e. The number of rotatable bonds is 6. The Morgan fingerprint density at radius 1 is 1.62 bits per heavy atom. The number of alkyl halides is 1. The van der Waals surface area contributed by atoms with Crippen LogP contribution in [0.15, 0.2) is 17.4 Å². The lowest BCUT2D eigenvalue weighted by molar-refractivity contribution is 0.103. The summed E-state index contributed by atoms with van der Waals surface area (Å²) in [6, 6.07) is 0. The zero-order valence-corrected chi connectivity index (χ0v) is 10.5. The monoisotopic (exact) mass is 260 g/mol. The zero-order chi connectivity index (χ0) is 12.0. The predicted molar refractivity (Wildman–Crippen MR) is 64.7 cm³/mol. The van der Waals surface area contributed by atoms with Crippen molar-refractivity contribution in [1.82, 2.24) is 14.8 Å². The van der Waals surface area contributed by atoms with E-state index in [1.54, 1.807) is 11.6 Å². The molecule has 1 aromatic heterocycles. The van der Waals surface area contributed by atoms with Crippen LogP contribution in [0.4, 0.5) is 0 Å². The van der Waals surface area contributed by atoms with Gasteiger partial charge in [-0.3, -0.25) is 4.79 Å². The Morgan fingerprint density at radius 3 is 3.00 bits per heavy atom. The molecule has 7 heteroatoms. The summed E-state index contributed by atoms with van der Waals surface area (Å²) in [4.78, 5) is 11.5. The van der Waals surface area contributed by atoms with Crippen LogP contribution in [0.1, 0.15) is 17.0 Å². The molecule has 0 radical (unpaired) electrons. The summed E-state index contributed by atoms with van der Waals surface area (Å²) in [6.07, 6.45) is 3.35. The smallest absolute Gasteiger partial charge is 0.224 e. The maximum Gasteiger partial charge on any atom is 0.224 e. The first kappa shape index (κ1) is 13.1. The second-order valence-electron chi connectivity index (χ2n) is 2.98. The molecule has 0 bridgehead atoms. The van der Waals surface area contributed by atoms with Crippen molar-refractivity contribution in [3.8, 4) is 0 Å². The van der Waals surface area contributed by atoms with Crippen molar-refractivity contribution in [2.75, 3.05) is 11.6 Å². The summed E-state index contributed by atoms with van der Waals surface area (Å²) in [7, 11) is 1.75. The number of ketones is 1. The summed E-state index contributed by atoms with van der Waals surface area (Å²) in [6.45, 7) is 0. The van der Waals surface area contributed by atoms with Gasteiger partial charge in [-0.2, -0.15) is 0 Å². The van der Waals surface area contributed by atoms with Gasteiger partial charge >= 0.3 is 0 Å². The van der Waals surface area contributed by atoms with Crippen molar-refractivity contribution in [3.05, 3.63) is 18.1 Å². The second-order valence-corrected chi connectivity index (χ2v) is 4.42. The molecule has 0 fully saturated rings. The van der Waals surface area contributed by atoms with Crippen LogP contribution in [0.5, 0.6) is 0 Å². The Kier molecular flexibility index (Phi) is 5.34. The number of carbonyl (C=O) groups is 1. The van der Waals surface area contributed by atoms with E-state index in [-0.39, 0.29) is 11.6 Å². The maximum atomic E-state index is 11.5. The fourth-order valence-corrected chi connectivity index (χ4v) is 2.18. The van der Waals surface area contributed by atoms with Crippen LogP contribution >= 0.6 is 23.4 Å². The molecular weight excluding hydrogens is 248 g/mol. The fourth-order valence-electron chi connectivity index (χ4n) is 1.04. The molecule has 0 saturated carbocycles. The van der Waals surface area contributed by atoms with Gasteiger partial charge in [-0.25, -0.2) is 0 Å². The lowest BCUT2D eigenvalue weighted by Gasteiger charge is -2.00. The van der Waals surface area contributed by atoms with Crippen LogP contribution < -0.4 is 5.73 Å². The molecule has 0 aliphatic carbocycles. The van der Waals surface area contributed by atoms with E-state index >= 15 is 0 Å². The number of nitrogens with zero attached hydrogens (tertiary/aromatic N) is 3. The highest BCUT2D eigenvalue weighted by molar-refractivity contribution is 7.99. The molecular formula is C9H13ClN4OS. The van der Waals surface area contributed by atoms with Crippen LogP contribution in [0.2, 0.25) is 0 Å². The van der Waals surface area contributed by atoms with Gasteiger partial charge in [0.1, 0.15) is 0 Å². The third kappa shape index (κ3) is 3.24. The van der Waals surface area contributed by atoms with Gasteiger partial charge in [0.15, 0.2) is 5.16 Å². The molecule has 0 unspecified atom stereocenters. The average Bonchev–Trinajstić information content (AvgIpc) is 2.61. The summed E-state index contributed by atoms with van der Waals surface area (Å²) in [5.41, 5.74) is 5.14. The minimum atomic E-state index is -0.248. The molecule has 0 spiro atoms. The van der Waals surface area contributed by atoms with E-state index in [1.165, 1.54) is 24.0 Å². The van der Waals surface area contributed by atoms with Gasteiger partial charge in [0.2, 0.25) is 11.6 Å². The highest BCUT2D eigenvalue weighted by Gasteiger charge is 2.13. The zero-order valence-electron chi connectivity index (χ0n) is 8.89. The number of allylic oxidation sites excluding steroid dienone is 1. The lowest BCUT2D eigenvalue weighted by atomic mass is 10.3. The van der Waals surface area contributed by atoms with Crippen molar-refractivity contribution in [3.63, 3.8) is 0 Å². The van der Waals surface area contributed by atoms with Crippen molar-refractivity contribution >= 4 is 29.1 Å². The molecule has 2 N–H and O–H groups in total. The lowest BCUT2D eigenvalue weighted by Crippen LogP contribution is -2.06. The van der Waals surface area contributed by atoms with Gasteiger partial charge in [0.05, 0.1) is 0 Å². The van der Waals surface area contributed by atoms with E-state index in [0.29, 0.717) is 11.0 Å². The number of hydrogen-bond acceptors (Lipinski definition) is 5. The van der Waals surface area contributed by atoms with Crippen LogP contribution in [0, 0.1) is 0 Å². The van der Waals surface area contributed by atoms with Gasteiger partial charge in [0.25, 0.3) is 0 Å². The third-order valence-corrected chi connectivity index (χ3v) is 3.19. The van der Waals surface area contributed by atoms with E-state index in [1.807, 2.05) is 0 Å². The quantitative estimate of drug-likeness (QED) is 0.273. The Morgan fingerprint density at radius 2 is 2.38 bits per heavy atom. The molecule has 0 aromatic carbocycles. The Balaban J connectivity index is 2.72. The molecule has 88 valence electrons. The van der Waals surface area contributed by atoms with Crippen molar-refractivity contribution in [2.24, 2.45) is 12.8 Å². The third-order valence-electron chi connectivity index (χ3n) is 1.81.